The van der Waals surface area contributed by atoms with Crippen molar-refractivity contribution in [1.82, 2.24) is 0 Å². The minimum absolute atomic E-state index is 0.335. The number of hydrogen-bond donors (Lipinski definition) is 0. The molecular weight excluding hydrogens is 360 g/mol. The van der Waals surface area contributed by atoms with Crippen molar-refractivity contribution < 1.29 is 14.3 Å². The number of carbonyl (C=O) groups excluding carboxylic acids is 2. The van der Waals surface area contributed by atoms with Crippen LogP contribution in [0.25, 0.3) is 0 Å². The summed E-state index contributed by atoms with van der Waals surface area (Å²) >= 11 is 0. The number of esters is 2. The Balaban J connectivity index is 3.25. The fourth-order valence-electron chi connectivity index (χ4n) is 3.74. The van der Waals surface area contributed by atoms with Crippen molar-refractivity contribution >= 4 is 11.9 Å². The molecule has 0 spiro atoms. The van der Waals surface area contributed by atoms with Gasteiger partial charge < -0.3 is 4.74 Å². The molecule has 0 saturated heterocycles. The summed E-state index contributed by atoms with van der Waals surface area (Å²) < 4.78 is 4.90. The molecule has 0 aliphatic heterocycles. The van der Waals surface area contributed by atoms with E-state index in [1.54, 1.807) is 0 Å². The van der Waals surface area contributed by atoms with Gasteiger partial charge in [0.15, 0.2) is 0 Å². The van der Waals surface area contributed by atoms with Gasteiger partial charge in [0.1, 0.15) is 0 Å². The van der Waals surface area contributed by atoms with Gasteiger partial charge >= 0.3 is 11.9 Å². The summed E-state index contributed by atoms with van der Waals surface area (Å²) in [4.78, 5) is 23.3. The Hall–Kier alpha value is -0.860. The van der Waals surface area contributed by atoms with Gasteiger partial charge in [-0.25, -0.2) is 0 Å². The highest BCUT2D eigenvalue weighted by molar-refractivity contribution is 5.85. The first kappa shape index (κ1) is 28.1. The summed E-state index contributed by atoms with van der Waals surface area (Å²) in [6, 6.07) is 0. The average Bonchev–Trinajstić information content (AvgIpc) is 2.70. The molecule has 0 rings (SSSR count). The van der Waals surface area contributed by atoms with E-state index in [4.69, 9.17) is 4.74 Å². The fraction of sp³-hybridized carbons (Fsp3) is 0.923. The molecule has 0 aliphatic carbocycles. The van der Waals surface area contributed by atoms with Gasteiger partial charge in [-0.1, -0.05) is 129 Å². The van der Waals surface area contributed by atoms with E-state index in [0.717, 1.165) is 32.1 Å². The molecule has 3 nitrogen and oxygen atoms in total. The van der Waals surface area contributed by atoms with Gasteiger partial charge in [0.2, 0.25) is 0 Å². The summed E-state index contributed by atoms with van der Waals surface area (Å²) in [7, 11) is 0. The summed E-state index contributed by atoms with van der Waals surface area (Å²) in [6.45, 7) is 4.44. The van der Waals surface area contributed by atoms with E-state index < -0.39 is 0 Å². The first-order valence-corrected chi connectivity index (χ1v) is 12.9. The molecule has 0 radical (unpaired) electrons. The topological polar surface area (TPSA) is 43.4 Å². The smallest absolute Gasteiger partial charge is 0.313 e. The molecule has 0 N–H and O–H groups in total. The average molecular weight is 411 g/mol. The lowest BCUT2D eigenvalue weighted by Gasteiger charge is -2.04. The van der Waals surface area contributed by atoms with Gasteiger partial charge in [-0.15, -0.1) is 0 Å². The van der Waals surface area contributed by atoms with Crippen LogP contribution in [0.5, 0.6) is 0 Å². The van der Waals surface area contributed by atoms with Crippen molar-refractivity contribution in [2.24, 2.45) is 0 Å². The van der Waals surface area contributed by atoms with Gasteiger partial charge in [-0.2, -0.15) is 0 Å². The van der Waals surface area contributed by atoms with Crippen LogP contribution in [0.3, 0.4) is 0 Å². The van der Waals surface area contributed by atoms with Gasteiger partial charge in [0.05, 0.1) is 0 Å². The number of rotatable bonds is 22. The Bertz CT molecular complexity index is 365. The minimum Gasteiger partial charge on any atom is -0.393 e. The van der Waals surface area contributed by atoms with Crippen molar-refractivity contribution in [1.29, 1.82) is 0 Å². The zero-order valence-electron chi connectivity index (χ0n) is 19.8. The van der Waals surface area contributed by atoms with Crippen molar-refractivity contribution in [2.75, 3.05) is 0 Å². The SMILES string of the molecule is CCCCCCCCCCCCCCCCCC(=O)OC(=O)CCCCCCC. The highest BCUT2D eigenvalue weighted by Gasteiger charge is 2.09. The molecule has 3 heteroatoms. The Labute approximate surface area is 181 Å². The number of hydrogen-bond acceptors (Lipinski definition) is 3. The molecule has 0 bridgehead atoms. The second kappa shape index (κ2) is 23.4. The zero-order valence-corrected chi connectivity index (χ0v) is 19.8. The van der Waals surface area contributed by atoms with E-state index >= 15 is 0 Å². The van der Waals surface area contributed by atoms with Crippen molar-refractivity contribution in [2.45, 2.75) is 155 Å². The quantitative estimate of drug-likeness (QED) is 0.102. The van der Waals surface area contributed by atoms with Crippen LogP contribution in [0.1, 0.15) is 155 Å². The summed E-state index contributed by atoms with van der Waals surface area (Å²) in [5.74, 6) is -0.675. The van der Waals surface area contributed by atoms with Crippen molar-refractivity contribution in [3.05, 3.63) is 0 Å². The van der Waals surface area contributed by atoms with E-state index in [-0.39, 0.29) is 11.9 Å². The molecule has 29 heavy (non-hydrogen) atoms. The molecule has 0 amide bonds. The van der Waals surface area contributed by atoms with Crippen LogP contribution in [-0.2, 0) is 14.3 Å². The van der Waals surface area contributed by atoms with Crippen LogP contribution >= 0.6 is 0 Å². The summed E-state index contributed by atoms with van der Waals surface area (Å²) in [5.41, 5.74) is 0. The largest absolute Gasteiger partial charge is 0.393 e. The molecule has 0 saturated carbocycles. The maximum Gasteiger partial charge on any atom is 0.313 e. The third-order valence-corrected chi connectivity index (χ3v) is 5.70. The molecule has 0 aromatic carbocycles. The lowest BCUT2D eigenvalue weighted by atomic mass is 10.0. The Morgan fingerprint density at radius 3 is 0.931 bits per heavy atom. The first-order chi connectivity index (χ1) is 14.2. The second-order valence-corrected chi connectivity index (χ2v) is 8.71. The molecule has 0 atom stereocenters. The predicted molar refractivity (Wildman–Crippen MR) is 124 cm³/mol. The van der Waals surface area contributed by atoms with Gasteiger partial charge in [0, 0.05) is 12.8 Å². The standard InChI is InChI=1S/C26H50O3/c1-3-5-7-9-10-11-12-13-14-15-16-17-18-20-22-24-26(28)29-25(27)23-21-19-8-6-4-2/h3-24H2,1-2H3. The van der Waals surface area contributed by atoms with Gasteiger partial charge in [0.25, 0.3) is 0 Å². The third kappa shape index (κ3) is 23.3. The van der Waals surface area contributed by atoms with Crippen LogP contribution in [-0.4, -0.2) is 11.9 Å². The highest BCUT2D eigenvalue weighted by atomic mass is 16.6. The molecule has 0 heterocycles. The van der Waals surface area contributed by atoms with Crippen molar-refractivity contribution in [3.8, 4) is 0 Å². The molecule has 0 fully saturated rings. The number of carbonyl (C=O) groups is 2. The Kier molecular flexibility index (Phi) is 22.7. The fourth-order valence-corrected chi connectivity index (χ4v) is 3.74. The third-order valence-electron chi connectivity index (χ3n) is 5.70. The lowest BCUT2D eigenvalue weighted by Crippen LogP contribution is -2.11. The predicted octanol–water partition coefficient (Wildman–Crippen LogP) is 8.68. The van der Waals surface area contributed by atoms with Crippen LogP contribution < -0.4 is 0 Å². The van der Waals surface area contributed by atoms with E-state index in [9.17, 15) is 9.59 Å². The van der Waals surface area contributed by atoms with Gasteiger partial charge in [-0.05, 0) is 12.8 Å². The minimum atomic E-state index is -0.340. The summed E-state index contributed by atoms with van der Waals surface area (Å²) in [6.07, 6.45) is 25.9. The Morgan fingerprint density at radius 1 is 0.414 bits per heavy atom. The summed E-state index contributed by atoms with van der Waals surface area (Å²) in [5, 5.41) is 0. The molecule has 0 aromatic heterocycles. The van der Waals surface area contributed by atoms with E-state index in [2.05, 4.69) is 13.8 Å². The maximum atomic E-state index is 11.7. The number of ether oxygens (including phenoxy) is 1. The van der Waals surface area contributed by atoms with Crippen LogP contribution in [0.2, 0.25) is 0 Å². The van der Waals surface area contributed by atoms with Crippen LogP contribution in [0.15, 0.2) is 0 Å². The monoisotopic (exact) mass is 410 g/mol. The van der Waals surface area contributed by atoms with Crippen molar-refractivity contribution in [3.63, 3.8) is 0 Å². The molecule has 0 aliphatic rings. The first-order valence-electron chi connectivity index (χ1n) is 12.9. The second-order valence-electron chi connectivity index (χ2n) is 8.71. The lowest BCUT2D eigenvalue weighted by molar-refractivity contribution is -0.159. The highest BCUT2D eigenvalue weighted by Crippen LogP contribution is 2.14. The molecule has 0 aromatic rings. The zero-order chi connectivity index (χ0) is 21.4. The van der Waals surface area contributed by atoms with Gasteiger partial charge in [-0.3, -0.25) is 9.59 Å². The van der Waals surface area contributed by atoms with E-state index in [1.165, 1.54) is 96.3 Å². The molecule has 0 unspecified atom stereocenters. The molecule has 172 valence electrons. The molecular formula is C26H50O3. The normalized spacial score (nSPS) is 11.0. The number of unbranched alkanes of at least 4 members (excludes halogenated alkanes) is 18. The van der Waals surface area contributed by atoms with Crippen LogP contribution in [0, 0.1) is 0 Å². The van der Waals surface area contributed by atoms with E-state index in [1.807, 2.05) is 0 Å². The van der Waals surface area contributed by atoms with Crippen LogP contribution in [0.4, 0.5) is 0 Å². The van der Waals surface area contributed by atoms with E-state index in [0.29, 0.717) is 12.8 Å². The maximum absolute atomic E-state index is 11.7. The Morgan fingerprint density at radius 2 is 0.655 bits per heavy atom.